The van der Waals surface area contributed by atoms with Gasteiger partial charge in [-0.2, -0.15) is 0 Å². The fourth-order valence-corrected chi connectivity index (χ4v) is 2.32. The lowest BCUT2D eigenvalue weighted by Gasteiger charge is -2.08. The molecule has 0 saturated heterocycles. The molecule has 0 aliphatic rings. The number of carbonyl (C=O) groups excluding carboxylic acids is 2. The van der Waals surface area contributed by atoms with Crippen molar-refractivity contribution in [3.63, 3.8) is 0 Å². The molecule has 0 saturated carbocycles. The van der Waals surface area contributed by atoms with Gasteiger partial charge in [-0.3, -0.25) is 14.6 Å². The highest BCUT2D eigenvalue weighted by molar-refractivity contribution is 5.96. The Hall–Kier alpha value is -3.35. The Kier molecular flexibility index (Phi) is 4.65. The van der Waals surface area contributed by atoms with E-state index in [9.17, 15) is 14.4 Å². The number of aromatic nitrogens is 1. The van der Waals surface area contributed by atoms with Gasteiger partial charge in [0.05, 0.1) is 5.52 Å². The molecule has 7 heteroatoms. The molecule has 7 nitrogen and oxygen atoms in total. The highest BCUT2D eigenvalue weighted by Crippen LogP contribution is 2.17. The van der Waals surface area contributed by atoms with E-state index in [1.165, 1.54) is 0 Å². The van der Waals surface area contributed by atoms with Gasteiger partial charge in [0, 0.05) is 17.7 Å². The molecule has 1 heterocycles. The summed E-state index contributed by atoms with van der Waals surface area (Å²) in [4.78, 5) is 37.2. The number of H-pyrrole nitrogens is 1. The summed E-state index contributed by atoms with van der Waals surface area (Å²) in [6.07, 6.45) is 0.439. The number of ether oxygens (including phenoxy) is 1. The Bertz CT molecular complexity index is 969. The van der Waals surface area contributed by atoms with Crippen molar-refractivity contribution < 1.29 is 18.7 Å². The fourth-order valence-electron chi connectivity index (χ4n) is 2.32. The summed E-state index contributed by atoms with van der Waals surface area (Å²) in [6, 6.07) is 11.5. The van der Waals surface area contributed by atoms with E-state index in [1.807, 2.05) is 0 Å². The van der Waals surface area contributed by atoms with Gasteiger partial charge in [-0.15, -0.1) is 0 Å². The van der Waals surface area contributed by atoms with Crippen molar-refractivity contribution in [2.45, 2.75) is 13.3 Å². The molecule has 2 aromatic carbocycles. The van der Waals surface area contributed by atoms with Crippen LogP contribution in [0.2, 0.25) is 0 Å². The van der Waals surface area contributed by atoms with Crippen LogP contribution in [0.15, 0.2) is 51.7 Å². The second-order valence-electron chi connectivity index (χ2n) is 5.36. The van der Waals surface area contributed by atoms with Crippen LogP contribution in [0.4, 0.5) is 5.69 Å². The molecule has 0 fully saturated rings. The summed E-state index contributed by atoms with van der Waals surface area (Å²) in [5, 5.41) is 2.67. The summed E-state index contributed by atoms with van der Waals surface area (Å²) in [6.45, 7) is 1.62. The van der Waals surface area contributed by atoms with E-state index in [4.69, 9.17) is 9.15 Å². The number of benzene rings is 2. The molecule has 0 radical (unpaired) electrons. The van der Waals surface area contributed by atoms with Gasteiger partial charge in [-0.1, -0.05) is 6.92 Å². The molecule has 3 rings (SSSR count). The number of carbonyl (C=O) groups is 2. The Labute approximate surface area is 142 Å². The average molecular weight is 340 g/mol. The van der Waals surface area contributed by atoms with E-state index in [1.54, 1.807) is 49.4 Å². The van der Waals surface area contributed by atoms with Crippen LogP contribution in [0.3, 0.4) is 0 Å². The Morgan fingerprint density at radius 1 is 1.16 bits per heavy atom. The zero-order valence-corrected chi connectivity index (χ0v) is 13.5. The summed E-state index contributed by atoms with van der Waals surface area (Å²) in [7, 11) is 0. The van der Waals surface area contributed by atoms with E-state index >= 15 is 0 Å². The number of ketones is 1. The predicted octanol–water partition coefficient (Wildman–Crippen LogP) is 2.73. The first kappa shape index (κ1) is 16.5. The molecule has 128 valence electrons. The topological polar surface area (TPSA) is 101 Å². The van der Waals surface area contributed by atoms with Gasteiger partial charge in [0.25, 0.3) is 5.91 Å². The van der Waals surface area contributed by atoms with Crippen LogP contribution in [0.25, 0.3) is 11.1 Å². The van der Waals surface area contributed by atoms with E-state index in [0.717, 1.165) is 0 Å². The maximum absolute atomic E-state index is 12.0. The van der Waals surface area contributed by atoms with Crippen molar-refractivity contribution in [2.24, 2.45) is 0 Å². The van der Waals surface area contributed by atoms with Crippen LogP contribution in [-0.4, -0.2) is 23.3 Å². The molecule has 3 aromatic rings. The minimum atomic E-state index is -0.549. The fraction of sp³-hybridized carbons (Fsp3) is 0.167. The van der Waals surface area contributed by atoms with Gasteiger partial charge < -0.3 is 14.5 Å². The third kappa shape index (κ3) is 3.95. The molecule has 1 aromatic heterocycles. The molecule has 0 aliphatic heterocycles. The van der Waals surface area contributed by atoms with Crippen LogP contribution < -0.4 is 15.8 Å². The number of hydrogen-bond donors (Lipinski definition) is 2. The SMILES string of the molecule is CCC(=O)c1ccc(OCC(=O)Nc2ccc3oc(=O)[nH]c3c2)cc1. The third-order valence-electron chi connectivity index (χ3n) is 3.57. The first-order chi connectivity index (χ1) is 12.0. The number of oxazole rings is 1. The highest BCUT2D eigenvalue weighted by atomic mass is 16.5. The highest BCUT2D eigenvalue weighted by Gasteiger charge is 2.07. The molecule has 0 spiro atoms. The first-order valence-electron chi connectivity index (χ1n) is 7.74. The Morgan fingerprint density at radius 3 is 2.64 bits per heavy atom. The smallest absolute Gasteiger partial charge is 0.417 e. The predicted molar refractivity (Wildman–Crippen MR) is 92.0 cm³/mol. The maximum Gasteiger partial charge on any atom is 0.417 e. The summed E-state index contributed by atoms with van der Waals surface area (Å²) < 4.78 is 10.3. The number of aromatic amines is 1. The number of anilines is 1. The number of fused-ring (bicyclic) bond motifs is 1. The summed E-state index contributed by atoms with van der Waals surface area (Å²) >= 11 is 0. The minimum Gasteiger partial charge on any atom is -0.484 e. The zero-order valence-electron chi connectivity index (χ0n) is 13.5. The van der Waals surface area contributed by atoms with Crippen LogP contribution in [-0.2, 0) is 4.79 Å². The van der Waals surface area contributed by atoms with Crippen molar-refractivity contribution in [3.8, 4) is 5.75 Å². The molecule has 1 amide bonds. The van der Waals surface area contributed by atoms with Gasteiger partial charge in [-0.25, -0.2) is 4.79 Å². The lowest BCUT2D eigenvalue weighted by atomic mass is 10.1. The second-order valence-corrected chi connectivity index (χ2v) is 5.36. The van der Waals surface area contributed by atoms with Crippen molar-refractivity contribution in [3.05, 3.63) is 58.6 Å². The zero-order chi connectivity index (χ0) is 17.8. The van der Waals surface area contributed by atoms with Gasteiger partial charge in [0.15, 0.2) is 18.0 Å². The third-order valence-corrected chi connectivity index (χ3v) is 3.57. The molecule has 25 heavy (non-hydrogen) atoms. The standard InChI is InChI=1S/C18H16N2O5/c1-2-15(21)11-3-6-13(7-4-11)24-10-17(22)19-12-5-8-16-14(9-12)20-18(23)25-16/h3-9H,2,10H2,1H3,(H,19,22)(H,20,23). The van der Waals surface area contributed by atoms with E-state index in [0.29, 0.717) is 34.5 Å². The van der Waals surface area contributed by atoms with Crippen LogP contribution >= 0.6 is 0 Å². The van der Waals surface area contributed by atoms with Crippen molar-refractivity contribution in [1.82, 2.24) is 4.98 Å². The number of nitrogens with one attached hydrogen (secondary N) is 2. The van der Waals surface area contributed by atoms with E-state index in [2.05, 4.69) is 10.3 Å². The molecule has 0 aliphatic carbocycles. The summed E-state index contributed by atoms with van der Waals surface area (Å²) in [5.41, 5.74) is 2.05. The van der Waals surface area contributed by atoms with Crippen molar-refractivity contribution in [2.75, 3.05) is 11.9 Å². The normalized spacial score (nSPS) is 10.6. The van der Waals surface area contributed by atoms with Gasteiger partial charge in [-0.05, 0) is 42.5 Å². The second kappa shape index (κ2) is 7.04. The minimum absolute atomic E-state index is 0.0528. The van der Waals surface area contributed by atoms with Crippen LogP contribution in [0.1, 0.15) is 23.7 Å². The maximum atomic E-state index is 12.0. The Balaban J connectivity index is 1.58. The molecule has 0 bridgehead atoms. The van der Waals surface area contributed by atoms with Crippen LogP contribution in [0.5, 0.6) is 5.75 Å². The molecule has 0 atom stereocenters. The van der Waals surface area contributed by atoms with Crippen molar-refractivity contribution in [1.29, 1.82) is 0 Å². The number of hydrogen-bond acceptors (Lipinski definition) is 5. The molecular formula is C18H16N2O5. The average Bonchev–Trinajstić information content (AvgIpc) is 2.99. The van der Waals surface area contributed by atoms with Gasteiger partial charge >= 0.3 is 5.76 Å². The lowest BCUT2D eigenvalue weighted by Crippen LogP contribution is -2.20. The molecule has 0 unspecified atom stereocenters. The number of amides is 1. The number of rotatable bonds is 6. The summed E-state index contributed by atoms with van der Waals surface area (Å²) in [5.74, 6) is -0.347. The number of Topliss-reactive ketones (excluding diaryl/α,β-unsaturated/α-hetero) is 1. The lowest BCUT2D eigenvalue weighted by molar-refractivity contribution is -0.118. The first-order valence-corrected chi connectivity index (χ1v) is 7.74. The molecule has 2 N–H and O–H groups in total. The molecular weight excluding hydrogens is 324 g/mol. The van der Waals surface area contributed by atoms with Crippen molar-refractivity contribution >= 4 is 28.5 Å². The van der Waals surface area contributed by atoms with Gasteiger partial charge in [0.1, 0.15) is 5.75 Å². The largest absolute Gasteiger partial charge is 0.484 e. The monoisotopic (exact) mass is 340 g/mol. The Morgan fingerprint density at radius 2 is 1.92 bits per heavy atom. The van der Waals surface area contributed by atoms with E-state index in [-0.39, 0.29) is 18.3 Å². The van der Waals surface area contributed by atoms with E-state index < -0.39 is 5.76 Å². The quantitative estimate of drug-likeness (QED) is 0.672. The van der Waals surface area contributed by atoms with Gasteiger partial charge in [0.2, 0.25) is 0 Å². The van der Waals surface area contributed by atoms with Crippen LogP contribution in [0, 0.1) is 0 Å².